The fraction of sp³-hybridized carbons (Fsp3) is 0.467. The van der Waals surface area contributed by atoms with Gasteiger partial charge in [-0.1, -0.05) is 0 Å². The highest BCUT2D eigenvalue weighted by molar-refractivity contribution is 5.92. The van der Waals surface area contributed by atoms with E-state index in [1.165, 1.54) is 24.3 Å². The number of anilines is 1. The first-order chi connectivity index (χ1) is 10.5. The Labute approximate surface area is 129 Å². The number of amides is 2. The average molecular weight is 311 g/mol. The van der Waals surface area contributed by atoms with E-state index < -0.39 is 0 Å². The standard InChI is InChI=1S/C15H22FN3O3/c1-19(10-14(20)17-8-3-9-22-2)11-15(21)18-13-6-4-12(16)5-7-13/h4-7H,3,8-11H2,1-2H3,(H,17,20)(H,18,21). The third kappa shape index (κ3) is 7.70. The van der Waals surface area contributed by atoms with Gasteiger partial charge in [-0.15, -0.1) is 0 Å². The van der Waals surface area contributed by atoms with Crippen LogP contribution < -0.4 is 10.6 Å². The van der Waals surface area contributed by atoms with Crippen molar-refractivity contribution in [1.29, 1.82) is 0 Å². The largest absolute Gasteiger partial charge is 0.385 e. The van der Waals surface area contributed by atoms with Gasteiger partial charge in [0.05, 0.1) is 13.1 Å². The molecule has 0 aliphatic carbocycles. The number of halogens is 1. The van der Waals surface area contributed by atoms with Gasteiger partial charge >= 0.3 is 0 Å². The summed E-state index contributed by atoms with van der Waals surface area (Å²) in [5.74, 6) is -0.769. The van der Waals surface area contributed by atoms with E-state index in [2.05, 4.69) is 10.6 Å². The number of benzene rings is 1. The molecule has 0 unspecified atom stereocenters. The number of rotatable bonds is 9. The molecule has 0 saturated heterocycles. The molecule has 7 heteroatoms. The molecule has 122 valence electrons. The van der Waals surface area contributed by atoms with Gasteiger partial charge in [-0.2, -0.15) is 0 Å². The van der Waals surface area contributed by atoms with Gasteiger partial charge in [-0.3, -0.25) is 14.5 Å². The molecule has 0 bridgehead atoms. The number of nitrogens with zero attached hydrogens (tertiary/aromatic N) is 1. The third-order valence-electron chi connectivity index (χ3n) is 2.80. The molecule has 0 saturated carbocycles. The maximum atomic E-state index is 12.8. The molecule has 0 aliphatic rings. The monoisotopic (exact) mass is 311 g/mol. The van der Waals surface area contributed by atoms with Gasteiger partial charge < -0.3 is 15.4 Å². The molecule has 0 radical (unpaired) electrons. The lowest BCUT2D eigenvalue weighted by Gasteiger charge is -2.16. The first-order valence-corrected chi connectivity index (χ1v) is 7.01. The van der Waals surface area contributed by atoms with Crippen LogP contribution >= 0.6 is 0 Å². The third-order valence-corrected chi connectivity index (χ3v) is 2.80. The number of hydrogen-bond donors (Lipinski definition) is 2. The molecule has 0 atom stereocenters. The summed E-state index contributed by atoms with van der Waals surface area (Å²) < 4.78 is 17.6. The van der Waals surface area contributed by atoms with Crippen molar-refractivity contribution in [2.75, 3.05) is 45.7 Å². The van der Waals surface area contributed by atoms with Gasteiger partial charge in [0.2, 0.25) is 11.8 Å². The highest BCUT2D eigenvalue weighted by atomic mass is 19.1. The normalized spacial score (nSPS) is 10.5. The van der Waals surface area contributed by atoms with E-state index in [4.69, 9.17) is 4.74 Å². The summed E-state index contributed by atoms with van der Waals surface area (Å²) in [6, 6.07) is 5.51. The van der Waals surface area contributed by atoms with Gasteiger partial charge in [0.15, 0.2) is 0 Å². The lowest BCUT2D eigenvalue weighted by atomic mass is 10.3. The fourth-order valence-electron chi connectivity index (χ4n) is 1.78. The summed E-state index contributed by atoms with van der Waals surface area (Å²) in [6.45, 7) is 1.34. The van der Waals surface area contributed by atoms with Crippen LogP contribution in [0.25, 0.3) is 0 Å². The number of nitrogens with one attached hydrogen (secondary N) is 2. The number of carbonyl (C=O) groups excluding carboxylic acids is 2. The van der Waals surface area contributed by atoms with E-state index in [1.54, 1.807) is 19.1 Å². The summed E-state index contributed by atoms with van der Waals surface area (Å²) in [5.41, 5.74) is 0.517. The molecule has 0 aliphatic heterocycles. The molecule has 0 heterocycles. The van der Waals surface area contributed by atoms with E-state index in [9.17, 15) is 14.0 Å². The Morgan fingerprint density at radius 3 is 2.45 bits per heavy atom. The second-order valence-corrected chi connectivity index (χ2v) is 4.92. The van der Waals surface area contributed by atoms with Gasteiger partial charge in [-0.25, -0.2) is 4.39 Å². The number of hydrogen-bond acceptors (Lipinski definition) is 4. The van der Waals surface area contributed by atoms with Crippen LogP contribution in [0.3, 0.4) is 0 Å². The van der Waals surface area contributed by atoms with Gasteiger partial charge in [0.1, 0.15) is 5.82 Å². The maximum Gasteiger partial charge on any atom is 0.238 e. The van der Waals surface area contributed by atoms with Gasteiger partial charge in [0, 0.05) is 25.9 Å². The predicted octanol–water partition coefficient (Wildman–Crippen LogP) is 0.849. The SMILES string of the molecule is COCCCNC(=O)CN(C)CC(=O)Nc1ccc(F)cc1. The van der Waals surface area contributed by atoms with Crippen molar-refractivity contribution in [3.63, 3.8) is 0 Å². The van der Waals surface area contributed by atoms with E-state index in [-0.39, 0.29) is 30.7 Å². The summed E-state index contributed by atoms with van der Waals surface area (Å²) in [5, 5.41) is 5.38. The second kappa shape index (κ2) is 9.86. The molecular formula is C15H22FN3O3. The lowest BCUT2D eigenvalue weighted by Crippen LogP contribution is -2.39. The van der Waals surface area contributed by atoms with Crippen LogP contribution in [0.5, 0.6) is 0 Å². The van der Waals surface area contributed by atoms with Gasteiger partial charge in [0.25, 0.3) is 0 Å². The Balaban J connectivity index is 2.25. The van der Waals surface area contributed by atoms with Crippen LogP contribution in [0, 0.1) is 5.82 Å². The lowest BCUT2D eigenvalue weighted by molar-refractivity contribution is -0.123. The van der Waals surface area contributed by atoms with E-state index in [1.807, 2.05) is 0 Å². The Bertz CT molecular complexity index is 479. The molecular weight excluding hydrogens is 289 g/mol. The molecule has 1 aromatic carbocycles. The van der Waals surface area contributed by atoms with Crippen molar-refractivity contribution >= 4 is 17.5 Å². The number of likely N-dealkylation sites (N-methyl/N-ethyl adjacent to an activating group) is 1. The fourth-order valence-corrected chi connectivity index (χ4v) is 1.78. The molecule has 0 fully saturated rings. The highest BCUT2D eigenvalue weighted by Crippen LogP contribution is 2.07. The van der Waals surface area contributed by atoms with E-state index in [0.717, 1.165) is 6.42 Å². The molecule has 6 nitrogen and oxygen atoms in total. The molecule has 2 amide bonds. The Morgan fingerprint density at radius 1 is 1.18 bits per heavy atom. The molecule has 0 spiro atoms. The summed E-state index contributed by atoms with van der Waals surface area (Å²) in [6.07, 6.45) is 0.747. The second-order valence-electron chi connectivity index (χ2n) is 4.92. The van der Waals surface area contributed by atoms with Crippen molar-refractivity contribution in [1.82, 2.24) is 10.2 Å². The van der Waals surface area contributed by atoms with Crippen LogP contribution in [0.15, 0.2) is 24.3 Å². The molecule has 0 aromatic heterocycles. The molecule has 1 aromatic rings. The first-order valence-electron chi connectivity index (χ1n) is 7.01. The molecule has 2 N–H and O–H groups in total. The van der Waals surface area contributed by atoms with Crippen molar-refractivity contribution in [3.8, 4) is 0 Å². The zero-order valence-electron chi connectivity index (χ0n) is 12.9. The van der Waals surface area contributed by atoms with Crippen molar-refractivity contribution in [3.05, 3.63) is 30.1 Å². The van der Waals surface area contributed by atoms with Crippen LogP contribution in [0.2, 0.25) is 0 Å². The molecule has 22 heavy (non-hydrogen) atoms. The highest BCUT2D eigenvalue weighted by Gasteiger charge is 2.10. The quantitative estimate of drug-likeness (QED) is 0.663. The summed E-state index contributed by atoms with van der Waals surface area (Å²) in [7, 11) is 3.29. The average Bonchev–Trinajstić information content (AvgIpc) is 2.46. The minimum atomic E-state index is -0.361. The predicted molar refractivity (Wildman–Crippen MR) is 82.0 cm³/mol. The smallest absolute Gasteiger partial charge is 0.238 e. The summed E-state index contributed by atoms with van der Waals surface area (Å²) >= 11 is 0. The maximum absolute atomic E-state index is 12.8. The minimum absolute atomic E-state index is 0.0723. The van der Waals surface area contributed by atoms with Gasteiger partial charge in [-0.05, 0) is 37.7 Å². The van der Waals surface area contributed by atoms with E-state index in [0.29, 0.717) is 18.8 Å². The van der Waals surface area contributed by atoms with Crippen LogP contribution in [-0.4, -0.2) is 57.1 Å². The molecule has 1 rings (SSSR count). The van der Waals surface area contributed by atoms with Crippen LogP contribution in [-0.2, 0) is 14.3 Å². The van der Waals surface area contributed by atoms with Crippen molar-refractivity contribution < 1.29 is 18.7 Å². The van der Waals surface area contributed by atoms with Crippen LogP contribution in [0.1, 0.15) is 6.42 Å². The summed E-state index contributed by atoms with van der Waals surface area (Å²) in [4.78, 5) is 25.0. The minimum Gasteiger partial charge on any atom is -0.385 e. The number of methoxy groups -OCH3 is 1. The van der Waals surface area contributed by atoms with E-state index >= 15 is 0 Å². The van der Waals surface area contributed by atoms with Crippen LogP contribution in [0.4, 0.5) is 10.1 Å². The van der Waals surface area contributed by atoms with Crippen molar-refractivity contribution in [2.45, 2.75) is 6.42 Å². The Hall–Kier alpha value is -1.99. The number of ether oxygens (including phenoxy) is 1. The number of carbonyl (C=O) groups is 2. The van der Waals surface area contributed by atoms with Crippen molar-refractivity contribution in [2.24, 2.45) is 0 Å². The topological polar surface area (TPSA) is 70.7 Å². The Morgan fingerprint density at radius 2 is 1.82 bits per heavy atom. The zero-order chi connectivity index (χ0) is 16.4. The Kier molecular flexibility index (Phi) is 8.09. The zero-order valence-corrected chi connectivity index (χ0v) is 12.9. The first kappa shape index (κ1) is 18.1.